The van der Waals surface area contributed by atoms with Crippen molar-refractivity contribution in [2.45, 2.75) is 17.8 Å². The van der Waals surface area contributed by atoms with Gasteiger partial charge in [-0.1, -0.05) is 43.0 Å². The molecule has 0 aliphatic carbocycles. The molecule has 0 N–H and O–H groups in total. The SMILES string of the molecule is CCN1CCN(C(=O)c2ccc(CSc3nnc(-c4ccco4)n3-c3ccccc3OC)cc2)CC1. The van der Waals surface area contributed by atoms with E-state index in [1.807, 2.05) is 70.1 Å². The summed E-state index contributed by atoms with van der Waals surface area (Å²) in [6.45, 7) is 6.61. The second-order valence-corrected chi connectivity index (χ2v) is 9.45. The first kappa shape index (κ1) is 24.1. The summed E-state index contributed by atoms with van der Waals surface area (Å²) >= 11 is 1.57. The van der Waals surface area contributed by atoms with Crippen molar-refractivity contribution in [1.82, 2.24) is 24.6 Å². The molecule has 0 saturated carbocycles. The number of ether oxygens (including phenoxy) is 1. The average Bonchev–Trinajstić information content (AvgIpc) is 3.62. The Bertz CT molecular complexity index is 1300. The predicted octanol–water partition coefficient (Wildman–Crippen LogP) is 4.61. The molecular formula is C27H29N5O3S. The van der Waals surface area contributed by atoms with Gasteiger partial charge < -0.3 is 19.0 Å². The summed E-state index contributed by atoms with van der Waals surface area (Å²) in [5.74, 6) is 2.73. The highest BCUT2D eigenvalue weighted by molar-refractivity contribution is 7.98. The van der Waals surface area contributed by atoms with Crippen LogP contribution in [0.1, 0.15) is 22.8 Å². The molecule has 5 rings (SSSR count). The minimum absolute atomic E-state index is 0.101. The molecule has 1 fully saturated rings. The van der Waals surface area contributed by atoms with Gasteiger partial charge in [0, 0.05) is 37.5 Å². The van der Waals surface area contributed by atoms with Crippen molar-refractivity contribution in [2.75, 3.05) is 39.8 Å². The molecule has 8 nitrogen and oxygen atoms in total. The number of aromatic nitrogens is 3. The molecule has 1 amide bonds. The average molecular weight is 504 g/mol. The molecule has 3 heterocycles. The summed E-state index contributed by atoms with van der Waals surface area (Å²) in [6.07, 6.45) is 1.62. The van der Waals surface area contributed by atoms with E-state index < -0.39 is 0 Å². The number of benzene rings is 2. The van der Waals surface area contributed by atoms with Crippen LogP contribution >= 0.6 is 11.8 Å². The van der Waals surface area contributed by atoms with Crippen LogP contribution in [0.3, 0.4) is 0 Å². The molecule has 0 atom stereocenters. The van der Waals surface area contributed by atoms with E-state index in [2.05, 4.69) is 22.0 Å². The Hall–Kier alpha value is -3.56. The molecule has 36 heavy (non-hydrogen) atoms. The van der Waals surface area contributed by atoms with E-state index in [4.69, 9.17) is 9.15 Å². The van der Waals surface area contributed by atoms with Crippen LogP contribution in [0.25, 0.3) is 17.3 Å². The lowest BCUT2D eigenvalue weighted by atomic mass is 10.1. The molecule has 9 heteroatoms. The summed E-state index contributed by atoms with van der Waals surface area (Å²) in [4.78, 5) is 17.2. The quantitative estimate of drug-likeness (QED) is 0.325. The number of hydrogen-bond acceptors (Lipinski definition) is 7. The Morgan fingerprint density at radius 3 is 2.47 bits per heavy atom. The van der Waals surface area contributed by atoms with E-state index >= 15 is 0 Å². The third kappa shape index (κ3) is 5.03. The highest BCUT2D eigenvalue weighted by atomic mass is 32.2. The summed E-state index contributed by atoms with van der Waals surface area (Å²) in [5.41, 5.74) is 2.66. The number of likely N-dealkylation sites (N-methyl/N-ethyl adjacent to an activating group) is 1. The number of hydrogen-bond donors (Lipinski definition) is 0. The minimum atomic E-state index is 0.101. The van der Waals surface area contributed by atoms with Crippen molar-refractivity contribution in [1.29, 1.82) is 0 Å². The largest absolute Gasteiger partial charge is 0.495 e. The Balaban J connectivity index is 1.33. The first-order chi connectivity index (χ1) is 17.7. The van der Waals surface area contributed by atoms with Gasteiger partial charge in [-0.2, -0.15) is 0 Å². The number of furan rings is 1. The normalized spacial score (nSPS) is 14.2. The number of piperazine rings is 1. The van der Waals surface area contributed by atoms with E-state index in [0.717, 1.165) is 60.4 Å². The van der Waals surface area contributed by atoms with E-state index in [1.165, 1.54) is 0 Å². The molecule has 0 bridgehead atoms. The number of para-hydroxylation sites is 2. The van der Waals surface area contributed by atoms with Crippen molar-refractivity contribution in [2.24, 2.45) is 0 Å². The molecule has 1 saturated heterocycles. The number of thioether (sulfide) groups is 1. The van der Waals surface area contributed by atoms with Crippen LogP contribution in [0.15, 0.2) is 76.5 Å². The third-order valence-corrected chi connectivity index (χ3v) is 7.38. The van der Waals surface area contributed by atoms with Crippen LogP contribution in [0.5, 0.6) is 5.75 Å². The maximum atomic E-state index is 12.9. The summed E-state index contributed by atoms with van der Waals surface area (Å²) in [7, 11) is 1.65. The monoisotopic (exact) mass is 503 g/mol. The molecule has 2 aromatic heterocycles. The van der Waals surface area contributed by atoms with E-state index in [0.29, 0.717) is 17.3 Å². The van der Waals surface area contributed by atoms with Gasteiger partial charge in [0.25, 0.3) is 5.91 Å². The highest BCUT2D eigenvalue weighted by Gasteiger charge is 2.22. The second kappa shape index (κ2) is 11.0. The van der Waals surface area contributed by atoms with Crippen molar-refractivity contribution in [3.05, 3.63) is 78.1 Å². The lowest BCUT2D eigenvalue weighted by Gasteiger charge is -2.34. The van der Waals surface area contributed by atoms with E-state index in [1.54, 1.807) is 25.1 Å². The van der Waals surface area contributed by atoms with Crippen molar-refractivity contribution >= 4 is 17.7 Å². The molecular weight excluding hydrogens is 474 g/mol. The fraction of sp³-hybridized carbons (Fsp3) is 0.296. The molecule has 0 radical (unpaired) electrons. The van der Waals surface area contributed by atoms with Crippen molar-refractivity contribution in [3.8, 4) is 23.0 Å². The van der Waals surface area contributed by atoms with Crippen LogP contribution in [0, 0.1) is 0 Å². The second-order valence-electron chi connectivity index (χ2n) is 8.50. The standard InChI is InChI=1S/C27H29N5O3S/c1-3-30-14-16-31(17-15-30)26(33)21-12-10-20(11-13-21)19-36-27-29-28-25(24-9-6-18-35-24)32(27)22-7-4-5-8-23(22)34-2/h4-13,18H,3,14-17,19H2,1-2H3. The van der Waals surface area contributed by atoms with Gasteiger partial charge in [-0.15, -0.1) is 10.2 Å². The van der Waals surface area contributed by atoms with Gasteiger partial charge in [-0.3, -0.25) is 9.36 Å². The zero-order chi connectivity index (χ0) is 24.9. The predicted molar refractivity (Wildman–Crippen MR) is 140 cm³/mol. The highest BCUT2D eigenvalue weighted by Crippen LogP contribution is 2.33. The fourth-order valence-electron chi connectivity index (χ4n) is 4.30. The maximum absolute atomic E-state index is 12.9. The maximum Gasteiger partial charge on any atom is 0.253 e. The van der Waals surface area contributed by atoms with Crippen LogP contribution in [0.4, 0.5) is 0 Å². The van der Waals surface area contributed by atoms with Gasteiger partial charge in [0.15, 0.2) is 10.9 Å². The zero-order valence-corrected chi connectivity index (χ0v) is 21.3. The molecule has 0 unspecified atom stereocenters. The van der Waals surface area contributed by atoms with Crippen LogP contribution < -0.4 is 4.74 Å². The molecule has 1 aliphatic rings. The lowest BCUT2D eigenvalue weighted by molar-refractivity contribution is 0.0643. The molecule has 0 spiro atoms. The van der Waals surface area contributed by atoms with Gasteiger partial charge in [-0.25, -0.2) is 0 Å². The van der Waals surface area contributed by atoms with Gasteiger partial charge >= 0.3 is 0 Å². The number of carbonyl (C=O) groups excluding carboxylic acids is 1. The number of rotatable bonds is 8. The van der Waals surface area contributed by atoms with E-state index in [-0.39, 0.29) is 5.91 Å². The Labute approximate surface area is 214 Å². The molecule has 186 valence electrons. The third-order valence-electron chi connectivity index (χ3n) is 6.38. The van der Waals surface area contributed by atoms with Gasteiger partial charge in [0.05, 0.1) is 19.1 Å². The van der Waals surface area contributed by atoms with Crippen molar-refractivity contribution in [3.63, 3.8) is 0 Å². The zero-order valence-electron chi connectivity index (χ0n) is 20.5. The number of carbonyl (C=O) groups is 1. The summed E-state index contributed by atoms with van der Waals surface area (Å²) < 4.78 is 13.2. The van der Waals surface area contributed by atoms with Crippen LogP contribution in [-0.4, -0.2) is 70.3 Å². The van der Waals surface area contributed by atoms with Crippen LogP contribution in [0.2, 0.25) is 0 Å². The smallest absolute Gasteiger partial charge is 0.253 e. The lowest BCUT2D eigenvalue weighted by Crippen LogP contribution is -2.48. The number of nitrogens with zero attached hydrogens (tertiary/aromatic N) is 5. The fourth-order valence-corrected chi connectivity index (χ4v) is 5.20. The first-order valence-electron chi connectivity index (χ1n) is 12.0. The Morgan fingerprint density at radius 1 is 1.00 bits per heavy atom. The Kier molecular flexibility index (Phi) is 7.39. The molecule has 1 aliphatic heterocycles. The first-order valence-corrected chi connectivity index (χ1v) is 13.0. The number of methoxy groups -OCH3 is 1. The summed E-state index contributed by atoms with van der Waals surface area (Å²) in [6, 6.07) is 19.3. The van der Waals surface area contributed by atoms with Crippen molar-refractivity contribution < 1.29 is 13.9 Å². The Morgan fingerprint density at radius 2 is 1.78 bits per heavy atom. The number of amides is 1. The van der Waals surface area contributed by atoms with E-state index in [9.17, 15) is 4.79 Å². The molecule has 2 aromatic carbocycles. The topological polar surface area (TPSA) is 76.6 Å². The van der Waals surface area contributed by atoms with Gasteiger partial charge in [-0.05, 0) is 48.5 Å². The summed E-state index contributed by atoms with van der Waals surface area (Å²) in [5, 5.41) is 9.59. The minimum Gasteiger partial charge on any atom is -0.495 e. The van der Waals surface area contributed by atoms with Gasteiger partial charge in [0.1, 0.15) is 5.75 Å². The van der Waals surface area contributed by atoms with Gasteiger partial charge in [0.2, 0.25) is 5.82 Å². The van der Waals surface area contributed by atoms with Crippen LogP contribution in [-0.2, 0) is 5.75 Å². The molecule has 4 aromatic rings.